The number of rotatable bonds is 3. The van der Waals surface area contributed by atoms with Gasteiger partial charge in [0, 0.05) is 26.0 Å². The number of nitrogens with zero attached hydrogens (tertiary/aromatic N) is 2. The summed E-state index contributed by atoms with van der Waals surface area (Å²) in [5, 5.41) is 0. The van der Waals surface area contributed by atoms with Crippen molar-refractivity contribution in [3.05, 3.63) is 12.4 Å². The Morgan fingerprint density at radius 2 is 1.73 bits per heavy atom. The molecule has 1 aliphatic rings. The molecule has 0 aromatic carbocycles. The average molecular weight is 330 g/mol. The van der Waals surface area contributed by atoms with Crippen LogP contribution in [0.15, 0.2) is 12.4 Å². The first-order valence-electron chi connectivity index (χ1n) is 4.71. The third kappa shape index (κ3) is 13.1. The molecule has 0 saturated carbocycles. The van der Waals surface area contributed by atoms with Crippen molar-refractivity contribution in [2.45, 2.75) is 19.8 Å². The van der Waals surface area contributed by atoms with Crippen molar-refractivity contribution in [3.63, 3.8) is 0 Å². The van der Waals surface area contributed by atoms with E-state index in [9.17, 15) is 0 Å². The molecule has 15 heavy (non-hydrogen) atoms. The number of hydrogen-bond acceptors (Lipinski definition) is 2. The van der Waals surface area contributed by atoms with E-state index < -0.39 is 12.3 Å². The van der Waals surface area contributed by atoms with E-state index in [0.29, 0.717) is 0 Å². The van der Waals surface area contributed by atoms with Crippen molar-refractivity contribution in [2.75, 3.05) is 20.3 Å². The zero-order chi connectivity index (χ0) is 11.9. The van der Waals surface area contributed by atoms with Gasteiger partial charge in [-0.15, -0.1) is 0 Å². The zero-order valence-electron chi connectivity index (χ0n) is 8.89. The van der Waals surface area contributed by atoms with Crippen molar-refractivity contribution in [1.82, 2.24) is 9.80 Å². The summed E-state index contributed by atoms with van der Waals surface area (Å²) in [6.45, 7) is 4.50. The Balaban J connectivity index is 0.000000336. The molecule has 0 amide bonds. The molecule has 0 spiro atoms. The van der Waals surface area contributed by atoms with Crippen LogP contribution in [0.5, 0.6) is 0 Å². The van der Waals surface area contributed by atoms with Gasteiger partial charge < -0.3 is 9.80 Å². The van der Waals surface area contributed by atoms with Gasteiger partial charge in [0.1, 0.15) is 0 Å². The first kappa shape index (κ1) is 16.2. The van der Waals surface area contributed by atoms with E-state index in [-0.39, 0.29) is 0 Å². The molecule has 7 heteroatoms. The van der Waals surface area contributed by atoms with Crippen molar-refractivity contribution in [2.24, 2.45) is 0 Å². The Kier molecular flexibility index (Phi) is 9.00. The van der Waals surface area contributed by atoms with E-state index in [4.69, 9.17) is 37.2 Å². The van der Waals surface area contributed by atoms with E-state index in [1.165, 1.54) is 19.4 Å². The molecule has 0 aromatic rings. The molecule has 0 atom stereocenters. The minimum absolute atomic E-state index is 1.07. The quantitative estimate of drug-likeness (QED) is 0.715. The second kappa shape index (κ2) is 8.33. The van der Waals surface area contributed by atoms with Crippen LogP contribution in [0.4, 0.5) is 0 Å². The summed E-state index contributed by atoms with van der Waals surface area (Å²) < 4.78 is 0. The summed E-state index contributed by atoms with van der Waals surface area (Å²) in [5.41, 5.74) is 0. The molecular weight excluding hydrogens is 314 g/mol. The van der Waals surface area contributed by atoms with Gasteiger partial charge in [-0.1, -0.05) is 13.3 Å². The number of unbranched alkanes of at least 4 members (excludes halogenated alkanes) is 1. The Morgan fingerprint density at radius 3 is 2.07 bits per heavy atom. The van der Waals surface area contributed by atoms with Crippen LogP contribution in [-0.2, 0) is 12.3 Å². The first-order chi connectivity index (χ1) is 6.83. The molecule has 0 radical (unpaired) electrons. The van der Waals surface area contributed by atoms with Crippen LogP contribution in [0.3, 0.4) is 0 Å². The monoisotopic (exact) mass is 328 g/mol. The molecule has 0 aromatic heterocycles. The van der Waals surface area contributed by atoms with Crippen LogP contribution < -0.4 is 0 Å². The molecule has 0 unspecified atom stereocenters. The van der Waals surface area contributed by atoms with Crippen LogP contribution >= 0.6 is 37.2 Å². The minimum atomic E-state index is -3.11. The van der Waals surface area contributed by atoms with Gasteiger partial charge in [-0.05, 0) is 6.42 Å². The van der Waals surface area contributed by atoms with Gasteiger partial charge in [0.15, 0.2) is 0 Å². The van der Waals surface area contributed by atoms with E-state index in [1.807, 2.05) is 0 Å². The van der Waals surface area contributed by atoms with Gasteiger partial charge in [0.2, 0.25) is 0 Å². The molecule has 2 nitrogen and oxygen atoms in total. The summed E-state index contributed by atoms with van der Waals surface area (Å²) in [7, 11) is 22.2. The van der Waals surface area contributed by atoms with Gasteiger partial charge in [-0.25, -0.2) is 0 Å². The Morgan fingerprint density at radius 1 is 1.20 bits per heavy atom. The summed E-state index contributed by atoms with van der Waals surface area (Å²) >= 11 is -3.11. The Hall–Kier alpha value is 1.21. The maximum atomic E-state index is 5.01. The molecule has 0 N–H and O–H groups in total. The van der Waals surface area contributed by atoms with Crippen molar-refractivity contribution < 1.29 is 12.3 Å². The summed E-state index contributed by atoms with van der Waals surface area (Å²) in [6.07, 6.45) is 6.87. The number of hydrogen-bond donors (Lipinski definition) is 0. The molecular formula is C8H16Cl4N2Ti. The standard InChI is InChI=1S/C8H16N2.4ClH.Ti/c1-3-4-5-10-7-6-9(2)8-10;;;;;/h6-7H,3-5,8H2,1-2H3;4*1H;/q;;;;;+4/p-4. The van der Waals surface area contributed by atoms with Crippen LogP contribution in [-0.4, -0.2) is 30.1 Å². The second-order valence-corrected chi connectivity index (χ2v) is 18.8. The summed E-state index contributed by atoms with van der Waals surface area (Å²) in [5.74, 6) is 0. The zero-order valence-corrected chi connectivity index (χ0v) is 13.5. The fourth-order valence-electron chi connectivity index (χ4n) is 1.10. The molecule has 0 aliphatic carbocycles. The topological polar surface area (TPSA) is 6.48 Å². The Bertz CT molecular complexity index is 190. The van der Waals surface area contributed by atoms with Crippen molar-refractivity contribution >= 4 is 37.2 Å². The van der Waals surface area contributed by atoms with Gasteiger partial charge >= 0.3 is 49.6 Å². The summed E-state index contributed by atoms with van der Waals surface area (Å²) in [6, 6.07) is 0. The van der Waals surface area contributed by atoms with Crippen LogP contribution in [0.25, 0.3) is 0 Å². The molecule has 1 rings (SSSR count). The molecule has 1 heterocycles. The first-order valence-corrected chi connectivity index (χ1v) is 13.3. The predicted molar refractivity (Wildman–Crippen MR) is 66.8 cm³/mol. The van der Waals surface area contributed by atoms with E-state index >= 15 is 0 Å². The van der Waals surface area contributed by atoms with Gasteiger partial charge in [0.25, 0.3) is 0 Å². The van der Waals surface area contributed by atoms with Gasteiger partial charge in [0.05, 0.1) is 6.67 Å². The molecule has 0 saturated heterocycles. The predicted octanol–water partition coefficient (Wildman–Crippen LogP) is 4.22. The fourth-order valence-corrected chi connectivity index (χ4v) is 1.10. The van der Waals surface area contributed by atoms with Crippen molar-refractivity contribution in [3.8, 4) is 0 Å². The SMILES string of the molecule is CCCCN1C=CN(C)C1.[Cl][Ti]([Cl])([Cl])[Cl]. The normalized spacial score (nSPS) is 15.3. The third-order valence-electron chi connectivity index (χ3n) is 1.74. The molecule has 90 valence electrons. The van der Waals surface area contributed by atoms with Gasteiger partial charge in [-0.3, -0.25) is 0 Å². The van der Waals surface area contributed by atoms with Crippen LogP contribution in [0, 0.1) is 0 Å². The number of halogens is 4. The molecule has 0 fully saturated rings. The van der Waals surface area contributed by atoms with E-state index in [2.05, 4.69) is 36.2 Å². The summed E-state index contributed by atoms with van der Waals surface area (Å²) in [4.78, 5) is 4.53. The maximum absolute atomic E-state index is 5.01. The molecule has 1 aliphatic heterocycles. The third-order valence-corrected chi connectivity index (χ3v) is 1.74. The Labute approximate surface area is 111 Å². The fraction of sp³-hybridized carbons (Fsp3) is 0.750. The second-order valence-electron chi connectivity index (χ2n) is 3.29. The van der Waals surface area contributed by atoms with E-state index in [1.54, 1.807) is 0 Å². The van der Waals surface area contributed by atoms with Crippen molar-refractivity contribution in [1.29, 1.82) is 0 Å². The average Bonchev–Trinajstić information content (AvgIpc) is 2.45. The van der Waals surface area contributed by atoms with Crippen LogP contribution in [0.1, 0.15) is 19.8 Å². The van der Waals surface area contributed by atoms with E-state index in [0.717, 1.165) is 6.67 Å². The van der Waals surface area contributed by atoms with Gasteiger partial charge in [-0.2, -0.15) is 0 Å². The van der Waals surface area contributed by atoms with Crippen LogP contribution in [0.2, 0.25) is 0 Å². The molecule has 0 bridgehead atoms.